The van der Waals surface area contributed by atoms with Crippen LogP contribution in [0.5, 0.6) is 23.0 Å². The lowest BCUT2D eigenvalue weighted by molar-refractivity contribution is 0.102. The van der Waals surface area contributed by atoms with Gasteiger partial charge in [-0.05, 0) is 76.3 Å². The average Bonchev–Trinajstić information content (AvgIpc) is 0.772. The van der Waals surface area contributed by atoms with Crippen LogP contribution in [0.1, 0.15) is 43.7 Å². The van der Waals surface area contributed by atoms with Crippen molar-refractivity contribution in [1.29, 1.82) is 0 Å². The molecule has 10 aromatic carbocycles. The Morgan fingerprint density at radius 3 is 0.855 bits per heavy atom. The second-order valence-electron chi connectivity index (χ2n) is 21.7. The summed E-state index contributed by atoms with van der Waals surface area (Å²) in [7, 11) is -31.5. The van der Waals surface area contributed by atoms with Gasteiger partial charge in [0, 0.05) is 15.4 Å². The highest BCUT2D eigenvalue weighted by Crippen LogP contribution is 2.41. The van der Waals surface area contributed by atoms with Crippen LogP contribution in [0.15, 0.2) is 198 Å². The number of carbonyl (C=O) groups is 1. The molecule has 620 valence electrons. The molecule has 10 aromatic rings. The van der Waals surface area contributed by atoms with Gasteiger partial charge in [0.05, 0.1) is 15.7 Å². The maximum absolute atomic E-state index is 13.9. The van der Waals surface area contributed by atoms with Crippen LogP contribution in [0.25, 0.3) is 30.4 Å². The SMILES string of the molecule is C=Cc1ccc(C(=O)c2c(F)c(F)c(S(=O)(=O)[O-])c(F)c2F)cc1.C=Cc1ccc(Oc2c(F)c(F)c(F)c(S(=O)(=O)[O-])c2F)cc1.C=Cc1ccc(Oc2c(F)c(F)c(S(=O)(=O)[O-])c(F)c2F)cc1.C=Cc1ccc(S(=O)c2c(F)c(F)c(S(=O)(=O)[O-])c(F)c2F)cc1.C=Cc1ccc(Sc2c(F)c(F)c(S(=O)(=O)[O-])c(F)c2F)cc1. The van der Waals surface area contributed by atoms with Gasteiger partial charge in [-0.1, -0.05) is 148 Å². The largest absolute Gasteiger partial charge is 0.744 e. The molecule has 0 aliphatic heterocycles. The first kappa shape index (κ1) is 94.7. The van der Waals surface area contributed by atoms with Gasteiger partial charge in [0.15, 0.2) is 105 Å². The Labute approximate surface area is 653 Å². The number of halogens is 20. The smallest absolute Gasteiger partial charge is 0.207 e. The molecule has 0 heterocycles. The molecule has 1 unspecified atom stereocenters. The summed E-state index contributed by atoms with van der Waals surface area (Å²) in [5, 5.41) is 0. The van der Waals surface area contributed by atoms with E-state index in [1.54, 1.807) is 12.1 Å². The van der Waals surface area contributed by atoms with Crippen LogP contribution in [0.3, 0.4) is 0 Å². The van der Waals surface area contributed by atoms with Crippen LogP contribution in [-0.4, -0.2) is 74.8 Å². The summed E-state index contributed by atoms with van der Waals surface area (Å²) in [6, 6.07) is 26.8. The molecular weight excluding hydrogens is 1760 g/mol. The summed E-state index contributed by atoms with van der Waals surface area (Å²) in [6.07, 6.45) is 7.30. The van der Waals surface area contributed by atoms with E-state index in [-0.39, 0.29) is 26.9 Å². The van der Waals surface area contributed by atoms with E-state index >= 15 is 0 Å². The third kappa shape index (κ3) is 21.5. The normalized spacial score (nSPS) is 11.7. The minimum Gasteiger partial charge on any atom is -0.744 e. The molecule has 0 bridgehead atoms. The Hall–Kier alpha value is -11.2. The molecule has 117 heavy (non-hydrogen) atoms. The van der Waals surface area contributed by atoms with E-state index in [0.29, 0.717) is 39.6 Å². The molecule has 0 aliphatic rings. The van der Waals surface area contributed by atoms with Crippen molar-refractivity contribution in [1.82, 2.24) is 0 Å². The molecule has 0 radical (unpaired) electrons. The molecule has 0 saturated carbocycles. The van der Waals surface area contributed by atoms with Crippen molar-refractivity contribution in [2.24, 2.45) is 0 Å². The third-order valence-corrected chi connectivity index (χ3v) is 21.2. The highest BCUT2D eigenvalue weighted by Gasteiger charge is 2.37. The van der Waals surface area contributed by atoms with Gasteiger partial charge in [0.1, 0.15) is 97.0 Å². The molecule has 0 aromatic heterocycles. The molecule has 0 spiro atoms. The number of rotatable bonds is 20. The summed E-state index contributed by atoms with van der Waals surface area (Å²) < 4.78 is 457. The van der Waals surface area contributed by atoms with Gasteiger partial charge in [0.2, 0.25) is 29.0 Å². The zero-order valence-electron chi connectivity index (χ0n) is 56.6. The number of ketones is 1. The molecule has 0 saturated heterocycles. The monoisotopic (exact) mass is 1790 g/mol. The van der Waals surface area contributed by atoms with E-state index in [1.165, 1.54) is 127 Å². The summed E-state index contributed by atoms with van der Waals surface area (Å²) in [5.74, 6) is -49.9. The van der Waals surface area contributed by atoms with Crippen molar-refractivity contribution in [2.75, 3.05) is 0 Å². The van der Waals surface area contributed by atoms with Crippen LogP contribution in [0, 0.1) is 116 Å². The molecular formula is C71H35F20O19S7-5. The van der Waals surface area contributed by atoms with Crippen molar-refractivity contribution in [3.63, 3.8) is 0 Å². The standard InChI is InChI=1S/C15H8F4O4S.C14H8F4O4S2.2C14H8F4O4S.C14H8F4O3S2/c1-2-7-3-5-8(6-4-7)14(20)9-10(16)12(18)15(24(21,22)23)13(19)11(9)17;1-2-7-3-5-8(6-4-7)23(19)13-9(15)11(17)14(24(20,21)22)12(18)10(13)16;1-2-7-3-5-8(6-4-7)22-13-9(15)11(17)14(23(19,20)21)12(18)10(13)16;1-2-7-3-5-8(6-4-7)22-13-10(16)9(15)11(17)14(12(13)18)23(19,20)21;1-2-7-3-5-8(6-4-7)22-13-9(15)11(17)14(23(19,20)21)12(18)10(13)16/h2-6H,1H2,(H,21,22,23);2-6H,1H2,(H,20,21,22);3*2-6H,1H2,(H,19,20,21)/p-5. The van der Waals surface area contributed by atoms with Gasteiger partial charge < -0.3 is 32.2 Å². The van der Waals surface area contributed by atoms with Crippen LogP contribution < -0.4 is 9.47 Å². The van der Waals surface area contributed by atoms with Gasteiger partial charge in [-0.3, -0.25) is 4.79 Å². The van der Waals surface area contributed by atoms with E-state index in [0.717, 1.165) is 12.1 Å². The second kappa shape index (κ2) is 37.8. The molecule has 1 atom stereocenters. The van der Waals surface area contributed by atoms with Crippen LogP contribution in [0.2, 0.25) is 0 Å². The van der Waals surface area contributed by atoms with E-state index in [2.05, 4.69) is 32.9 Å². The molecule has 46 heteroatoms. The molecule has 10 rings (SSSR count). The number of benzene rings is 10. The van der Waals surface area contributed by atoms with Crippen molar-refractivity contribution in [2.45, 2.75) is 44.1 Å². The summed E-state index contributed by atoms with van der Waals surface area (Å²) in [5.41, 5.74) is 1.19. The summed E-state index contributed by atoms with van der Waals surface area (Å²) in [6.45, 7) is 17.4. The lowest BCUT2D eigenvalue weighted by Gasteiger charge is -2.15. The fourth-order valence-electron chi connectivity index (χ4n) is 8.84. The second-order valence-corrected chi connectivity index (χ2v) is 30.8. The predicted octanol–water partition coefficient (Wildman–Crippen LogP) is 17.1. The highest BCUT2D eigenvalue weighted by atomic mass is 32.2. The van der Waals surface area contributed by atoms with Gasteiger partial charge in [-0.15, -0.1) is 0 Å². The zero-order valence-corrected chi connectivity index (χ0v) is 62.4. The van der Waals surface area contributed by atoms with Gasteiger partial charge in [0.25, 0.3) is 0 Å². The van der Waals surface area contributed by atoms with Crippen LogP contribution in [-0.2, 0) is 61.4 Å². The van der Waals surface area contributed by atoms with Crippen LogP contribution >= 0.6 is 11.8 Å². The van der Waals surface area contributed by atoms with E-state index in [1.807, 2.05) is 0 Å². The van der Waals surface area contributed by atoms with Gasteiger partial charge >= 0.3 is 0 Å². The van der Waals surface area contributed by atoms with Crippen LogP contribution in [0.4, 0.5) is 87.8 Å². The molecule has 0 fully saturated rings. The molecule has 19 nitrogen and oxygen atoms in total. The molecule has 0 amide bonds. The van der Waals surface area contributed by atoms with Gasteiger partial charge in [-0.2, -0.15) is 13.2 Å². The maximum Gasteiger partial charge on any atom is 0.207 e. The van der Waals surface area contributed by atoms with Crippen molar-refractivity contribution in [3.05, 3.63) is 310 Å². The molecule has 0 aliphatic carbocycles. The lowest BCUT2D eigenvalue weighted by Crippen LogP contribution is -2.17. The first-order valence-electron chi connectivity index (χ1n) is 29.9. The fourth-order valence-corrected chi connectivity index (χ4v) is 13.9. The Morgan fingerprint density at radius 2 is 0.547 bits per heavy atom. The van der Waals surface area contributed by atoms with E-state index < -0.39 is 235 Å². The van der Waals surface area contributed by atoms with Crippen molar-refractivity contribution < 1.29 is 171 Å². The lowest BCUT2D eigenvalue weighted by atomic mass is 10.0. The maximum atomic E-state index is 13.9. The minimum atomic E-state index is -5.83. The fraction of sp³-hybridized carbons (Fsp3) is 0. The van der Waals surface area contributed by atoms with Gasteiger partial charge in [-0.25, -0.2) is 121 Å². The number of hydrogen-bond acceptors (Lipinski definition) is 20. The Morgan fingerprint density at radius 1 is 0.308 bits per heavy atom. The topological polar surface area (TPSA) is 339 Å². The quantitative estimate of drug-likeness (QED) is 0.0225. The first-order chi connectivity index (χ1) is 54.2. The Bertz CT molecular complexity index is 5890. The highest BCUT2D eigenvalue weighted by molar-refractivity contribution is 7.99. The predicted molar refractivity (Wildman–Crippen MR) is 366 cm³/mol. The Kier molecular flexibility index (Phi) is 30.6. The third-order valence-electron chi connectivity index (χ3n) is 14.4. The summed E-state index contributed by atoms with van der Waals surface area (Å²) >= 11 is 0.347. The van der Waals surface area contributed by atoms with E-state index in [9.17, 15) is 162 Å². The number of hydrogen-bond donors (Lipinski definition) is 0. The Balaban J connectivity index is 0.000000227. The van der Waals surface area contributed by atoms with Crippen molar-refractivity contribution in [3.8, 4) is 23.0 Å². The van der Waals surface area contributed by atoms with Crippen molar-refractivity contribution >= 4 is 109 Å². The minimum absolute atomic E-state index is 0.176. The van der Waals surface area contributed by atoms with E-state index in [4.69, 9.17) is 9.47 Å². The number of carbonyl (C=O) groups excluding carboxylic acids is 1. The summed E-state index contributed by atoms with van der Waals surface area (Å²) in [4.78, 5) is -1.63. The first-order valence-corrected chi connectivity index (χ1v) is 38.9. The molecule has 0 N–H and O–H groups in total. The average molecular weight is 1800 g/mol. The zero-order chi connectivity index (χ0) is 88.5. The number of ether oxygens (including phenoxy) is 2.